The molecular formula is C15H22N4O2. The van der Waals surface area contributed by atoms with Crippen LogP contribution in [-0.4, -0.2) is 41.3 Å². The van der Waals surface area contributed by atoms with Gasteiger partial charge in [0.2, 0.25) is 5.89 Å². The number of nitrogens with zero attached hydrogens (tertiary/aromatic N) is 3. The highest BCUT2D eigenvalue weighted by molar-refractivity contribution is 5.55. The fraction of sp³-hybridized carbons (Fsp3) is 0.600. The molecule has 0 bridgehead atoms. The van der Waals surface area contributed by atoms with Crippen LogP contribution in [0.15, 0.2) is 14.9 Å². The van der Waals surface area contributed by atoms with E-state index >= 15 is 0 Å². The van der Waals surface area contributed by atoms with Crippen molar-refractivity contribution in [3.8, 4) is 11.5 Å². The number of rotatable bonds is 4. The molecule has 1 N–H and O–H groups in total. The van der Waals surface area contributed by atoms with Crippen molar-refractivity contribution in [1.82, 2.24) is 20.4 Å². The molecule has 1 unspecified atom stereocenters. The van der Waals surface area contributed by atoms with Crippen molar-refractivity contribution in [2.75, 3.05) is 20.1 Å². The van der Waals surface area contributed by atoms with Crippen LogP contribution in [0, 0.1) is 13.8 Å². The van der Waals surface area contributed by atoms with Crippen LogP contribution >= 0.6 is 0 Å². The van der Waals surface area contributed by atoms with Crippen molar-refractivity contribution < 1.29 is 8.83 Å². The summed E-state index contributed by atoms with van der Waals surface area (Å²) >= 11 is 0. The summed E-state index contributed by atoms with van der Waals surface area (Å²) in [7, 11) is 2.02. The number of piperidine rings is 1. The highest BCUT2D eigenvalue weighted by Crippen LogP contribution is 2.25. The van der Waals surface area contributed by atoms with Crippen molar-refractivity contribution in [1.29, 1.82) is 0 Å². The number of furan rings is 1. The van der Waals surface area contributed by atoms with Gasteiger partial charge in [-0.3, -0.25) is 4.90 Å². The Hall–Kier alpha value is -1.66. The van der Waals surface area contributed by atoms with Crippen LogP contribution in [-0.2, 0) is 6.54 Å². The van der Waals surface area contributed by atoms with Gasteiger partial charge in [0.1, 0.15) is 11.5 Å². The maximum absolute atomic E-state index is 5.79. The first kappa shape index (κ1) is 14.3. The highest BCUT2D eigenvalue weighted by Gasteiger charge is 2.21. The maximum atomic E-state index is 5.79. The molecule has 2 aromatic heterocycles. The molecular weight excluding hydrogens is 268 g/mol. The molecule has 6 heteroatoms. The second kappa shape index (κ2) is 5.99. The minimum Gasteiger partial charge on any atom is -0.466 e. The average Bonchev–Trinajstić information content (AvgIpc) is 3.05. The number of aryl methyl sites for hydroxylation is 2. The SMILES string of the molecule is CNC1CCCN(Cc2nnc(-c3cc(C)oc3C)o2)C1. The largest absolute Gasteiger partial charge is 0.466 e. The van der Waals surface area contributed by atoms with Gasteiger partial charge in [0.05, 0.1) is 12.1 Å². The van der Waals surface area contributed by atoms with E-state index in [-0.39, 0.29) is 0 Å². The van der Waals surface area contributed by atoms with E-state index in [1.54, 1.807) is 0 Å². The third-order valence-corrected chi connectivity index (χ3v) is 4.01. The van der Waals surface area contributed by atoms with E-state index in [1.807, 2.05) is 27.0 Å². The number of nitrogens with one attached hydrogen (secondary N) is 1. The third-order valence-electron chi connectivity index (χ3n) is 4.01. The lowest BCUT2D eigenvalue weighted by Gasteiger charge is -2.31. The van der Waals surface area contributed by atoms with Crippen LogP contribution in [0.1, 0.15) is 30.3 Å². The molecule has 114 valence electrons. The number of hydrogen-bond donors (Lipinski definition) is 1. The molecule has 0 aliphatic carbocycles. The molecule has 21 heavy (non-hydrogen) atoms. The van der Waals surface area contributed by atoms with E-state index in [0.29, 0.717) is 24.4 Å². The highest BCUT2D eigenvalue weighted by atomic mass is 16.4. The monoisotopic (exact) mass is 290 g/mol. The minimum atomic E-state index is 0.543. The molecule has 3 heterocycles. The van der Waals surface area contributed by atoms with Crippen molar-refractivity contribution >= 4 is 0 Å². The molecule has 1 aliphatic rings. The number of likely N-dealkylation sites (tertiary alicyclic amines) is 1. The normalized spacial score (nSPS) is 20.0. The molecule has 0 radical (unpaired) electrons. The van der Waals surface area contributed by atoms with E-state index < -0.39 is 0 Å². The zero-order valence-electron chi connectivity index (χ0n) is 12.8. The smallest absolute Gasteiger partial charge is 0.251 e. The summed E-state index contributed by atoms with van der Waals surface area (Å²) in [5, 5.41) is 11.7. The van der Waals surface area contributed by atoms with Crippen LogP contribution in [0.5, 0.6) is 0 Å². The van der Waals surface area contributed by atoms with Gasteiger partial charge in [-0.05, 0) is 46.3 Å². The van der Waals surface area contributed by atoms with Gasteiger partial charge in [-0.15, -0.1) is 10.2 Å². The Balaban J connectivity index is 1.69. The topological polar surface area (TPSA) is 67.3 Å². The second-order valence-electron chi connectivity index (χ2n) is 5.69. The zero-order valence-corrected chi connectivity index (χ0v) is 12.8. The van der Waals surface area contributed by atoms with E-state index in [4.69, 9.17) is 8.83 Å². The number of aromatic nitrogens is 2. The number of likely N-dealkylation sites (N-methyl/N-ethyl adjacent to an activating group) is 1. The fourth-order valence-corrected chi connectivity index (χ4v) is 2.90. The molecule has 0 saturated carbocycles. The van der Waals surface area contributed by atoms with Gasteiger partial charge in [-0.2, -0.15) is 0 Å². The Morgan fingerprint density at radius 2 is 2.19 bits per heavy atom. The van der Waals surface area contributed by atoms with Crippen molar-refractivity contribution in [2.24, 2.45) is 0 Å². The van der Waals surface area contributed by atoms with Crippen molar-refractivity contribution in [3.05, 3.63) is 23.5 Å². The lowest BCUT2D eigenvalue weighted by atomic mass is 10.1. The summed E-state index contributed by atoms with van der Waals surface area (Å²) in [6, 6.07) is 2.49. The van der Waals surface area contributed by atoms with E-state index in [2.05, 4.69) is 20.4 Å². The molecule has 1 atom stereocenters. The predicted molar refractivity (Wildman–Crippen MR) is 78.8 cm³/mol. The van der Waals surface area contributed by atoms with Crippen LogP contribution in [0.4, 0.5) is 0 Å². The minimum absolute atomic E-state index is 0.543. The first-order chi connectivity index (χ1) is 10.2. The Morgan fingerprint density at radius 1 is 1.33 bits per heavy atom. The van der Waals surface area contributed by atoms with E-state index in [0.717, 1.165) is 30.2 Å². The molecule has 1 saturated heterocycles. The first-order valence-electron chi connectivity index (χ1n) is 7.45. The van der Waals surface area contributed by atoms with Crippen molar-refractivity contribution in [3.63, 3.8) is 0 Å². The van der Waals surface area contributed by atoms with Gasteiger partial charge in [0.25, 0.3) is 5.89 Å². The molecule has 6 nitrogen and oxygen atoms in total. The van der Waals surface area contributed by atoms with Gasteiger partial charge in [-0.1, -0.05) is 0 Å². The van der Waals surface area contributed by atoms with E-state index in [1.165, 1.54) is 12.8 Å². The van der Waals surface area contributed by atoms with E-state index in [9.17, 15) is 0 Å². The van der Waals surface area contributed by atoms with Gasteiger partial charge in [0.15, 0.2) is 0 Å². The summed E-state index contributed by atoms with van der Waals surface area (Å²) < 4.78 is 11.3. The van der Waals surface area contributed by atoms with Crippen LogP contribution in [0.2, 0.25) is 0 Å². The lowest BCUT2D eigenvalue weighted by Crippen LogP contribution is -2.43. The standard InChI is InChI=1S/C15H22N4O2/c1-10-7-13(11(2)20-10)15-18-17-14(21-15)9-19-6-4-5-12(8-19)16-3/h7,12,16H,4-6,8-9H2,1-3H3. The summed E-state index contributed by atoms with van der Waals surface area (Å²) in [4.78, 5) is 2.36. The zero-order chi connectivity index (χ0) is 14.8. The molecule has 1 aliphatic heterocycles. The third kappa shape index (κ3) is 3.16. The summed E-state index contributed by atoms with van der Waals surface area (Å²) in [6.07, 6.45) is 2.43. The van der Waals surface area contributed by atoms with Gasteiger partial charge in [-0.25, -0.2) is 0 Å². The maximum Gasteiger partial charge on any atom is 0.251 e. The van der Waals surface area contributed by atoms with Crippen LogP contribution < -0.4 is 5.32 Å². The molecule has 0 amide bonds. The summed E-state index contributed by atoms with van der Waals surface area (Å²) in [6.45, 7) is 6.65. The second-order valence-corrected chi connectivity index (χ2v) is 5.69. The predicted octanol–water partition coefficient (Wildman–Crippen LogP) is 2.13. The van der Waals surface area contributed by atoms with Gasteiger partial charge >= 0.3 is 0 Å². The lowest BCUT2D eigenvalue weighted by molar-refractivity contribution is 0.173. The molecule has 1 fully saturated rings. The Kier molecular flexibility index (Phi) is 4.07. The summed E-state index contributed by atoms with van der Waals surface area (Å²) in [5.74, 6) is 2.88. The molecule has 0 aromatic carbocycles. The molecule has 0 spiro atoms. The van der Waals surface area contributed by atoms with Gasteiger partial charge in [0, 0.05) is 12.6 Å². The van der Waals surface area contributed by atoms with Gasteiger partial charge < -0.3 is 14.2 Å². The quantitative estimate of drug-likeness (QED) is 0.930. The Morgan fingerprint density at radius 3 is 2.90 bits per heavy atom. The molecule has 2 aromatic rings. The number of hydrogen-bond acceptors (Lipinski definition) is 6. The van der Waals surface area contributed by atoms with Crippen LogP contribution in [0.25, 0.3) is 11.5 Å². The summed E-state index contributed by atoms with van der Waals surface area (Å²) in [5.41, 5.74) is 0.887. The van der Waals surface area contributed by atoms with Crippen molar-refractivity contribution in [2.45, 2.75) is 39.3 Å². The Bertz CT molecular complexity index is 605. The molecule has 3 rings (SSSR count). The Labute approximate surface area is 124 Å². The average molecular weight is 290 g/mol. The van der Waals surface area contributed by atoms with Crippen LogP contribution in [0.3, 0.4) is 0 Å². The first-order valence-corrected chi connectivity index (χ1v) is 7.45. The fourth-order valence-electron chi connectivity index (χ4n) is 2.90.